The zero-order valence-corrected chi connectivity index (χ0v) is 7.19. The van der Waals surface area contributed by atoms with Crippen LogP contribution < -0.4 is 0 Å². The molecule has 0 aromatic rings. The number of aliphatic hydroxyl groups excluding tert-OH is 1. The van der Waals surface area contributed by atoms with E-state index in [1.54, 1.807) is 12.2 Å². The van der Waals surface area contributed by atoms with Crippen LogP contribution in [-0.4, -0.2) is 30.2 Å². The lowest BCUT2D eigenvalue weighted by Crippen LogP contribution is -2.22. The van der Waals surface area contributed by atoms with Crippen molar-refractivity contribution in [1.29, 1.82) is 0 Å². The minimum Gasteiger partial charge on any atom is -0.385 e. The second-order valence-corrected chi connectivity index (χ2v) is 2.80. The fourth-order valence-electron chi connectivity index (χ4n) is 0.978. The van der Waals surface area contributed by atoms with Gasteiger partial charge in [-0.2, -0.15) is 0 Å². The molecule has 1 fully saturated rings. The predicted molar refractivity (Wildman–Crippen MR) is 45.7 cm³/mol. The van der Waals surface area contributed by atoms with Crippen molar-refractivity contribution in [3.63, 3.8) is 0 Å². The van der Waals surface area contributed by atoms with Crippen LogP contribution in [0.25, 0.3) is 0 Å². The van der Waals surface area contributed by atoms with Crippen LogP contribution in [0.4, 0.5) is 0 Å². The maximum Gasteiger partial charge on any atom is 0.185 e. The summed E-state index contributed by atoms with van der Waals surface area (Å²) in [6, 6.07) is 0. The van der Waals surface area contributed by atoms with Crippen molar-refractivity contribution in [1.82, 2.24) is 0 Å². The molecule has 0 radical (unpaired) electrons. The summed E-state index contributed by atoms with van der Waals surface area (Å²) in [4.78, 5) is 0. The van der Waals surface area contributed by atoms with Crippen molar-refractivity contribution in [2.45, 2.75) is 18.8 Å². The third-order valence-electron chi connectivity index (χ3n) is 1.70. The molecule has 1 aliphatic rings. The number of ether oxygens (including phenoxy) is 2. The fourth-order valence-corrected chi connectivity index (χ4v) is 0.978. The molecule has 68 valence electrons. The van der Waals surface area contributed by atoms with Crippen molar-refractivity contribution in [2.24, 2.45) is 0 Å². The van der Waals surface area contributed by atoms with Gasteiger partial charge in [0, 0.05) is 0 Å². The number of hydrogen-bond donors (Lipinski definition) is 1. The average Bonchev–Trinajstić information content (AvgIpc) is 2.49. The van der Waals surface area contributed by atoms with E-state index in [0.29, 0.717) is 13.2 Å². The first-order valence-electron chi connectivity index (χ1n) is 3.94. The van der Waals surface area contributed by atoms with Crippen molar-refractivity contribution in [2.75, 3.05) is 13.2 Å². The van der Waals surface area contributed by atoms with E-state index in [2.05, 4.69) is 6.58 Å². The Morgan fingerprint density at radius 1 is 1.50 bits per heavy atom. The maximum absolute atomic E-state index is 9.12. The lowest BCUT2D eigenvalue weighted by Gasteiger charge is -2.17. The minimum atomic E-state index is -0.663. The van der Waals surface area contributed by atoms with E-state index in [4.69, 9.17) is 14.6 Å². The Morgan fingerprint density at radius 2 is 2.08 bits per heavy atom. The van der Waals surface area contributed by atoms with Crippen LogP contribution in [0.5, 0.6) is 0 Å². The van der Waals surface area contributed by atoms with Gasteiger partial charge < -0.3 is 14.6 Å². The molecule has 0 aromatic carbocycles. The van der Waals surface area contributed by atoms with Crippen LogP contribution in [0.3, 0.4) is 0 Å². The molecule has 1 aliphatic heterocycles. The molecule has 3 heteroatoms. The van der Waals surface area contributed by atoms with Gasteiger partial charge in [0.05, 0.1) is 19.3 Å². The van der Waals surface area contributed by atoms with Crippen molar-refractivity contribution in [3.05, 3.63) is 24.8 Å². The third-order valence-corrected chi connectivity index (χ3v) is 1.70. The van der Waals surface area contributed by atoms with E-state index in [9.17, 15) is 0 Å². The molecule has 1 atom stereocenters. The first-order chi connectivity index (χ1) is 5.66. The molecule has 0 amide bonds. The number of rotatable bonds is 3. The van der Waals surface area contributed by atoms with Gasteiger partial charge >= 0.3 is 0 Å². The molecular formula is C9H14O3. The molecule has 3 nitrogen and oxygen atoms in total. The summed E-state index contributed by atoms with van der Waals surface area (Å²) in [5, 5.41) is 9.12. The topological polar surface area (TPSA) is 38.7 Å². The Labute approximate surface area is 72.3 Å². The normalized spacial score (nSPS) is 24.5. The van der Waals surface area contributed by atoms with Crippen LogP contribution in [-0.2, 0) is 9.47 Å². The SMILES string of the molecule is C=CC(O)/C=C/C1(C)OCCO1. The minimum absolute atomic E-state index is 0.602. The maximum atomic E-state index is 9.12. The molecule has 1 heterocycles. The first-order valence-corrected chi connectivity index (χ1v) is 3.94. The van der Waals surface area contributed by atoms with Gasteiger partial charge in [-0.05, 0) is 13.0 Å². The fraction of sp³-hybridized carbons (Fsp3) is 0.556. The number of hydrogen-bond acceptors (Lipinski definition) is 3. The largest absolute Gasteiger partial charge is 0.385 e. The second-order valence-electron chi connectivity index (χ2n) is 2.80. The third kappa shape index (κ3) is 2.44. The molecule has 1 N–H and O–H groups in total. The zero-order valence-electron chi connectivity index (χ0n) is 7.19. The van der Waals surface area contributed by atoms with Gasteiger partial charge in [-0.1, -0.05) is 12.2 Å². The summed E-state index contributed by atoms with van der Waals surface area (Å²) < 4.78 is 10.6. The first kappa shape index (κ1) is 9.45. The summed E-state index contributed by atoms with van der Waals surface area (Å²) >= 11 is 0. The van der Waals surface area contributed by atoms with E-state index in [-0.39, 0.29) is 0 Å². The van der Waals surface area contributed by atoms with Crippen molar-refractivity contribution < 1.29 is 14.6 Å². The van der Waals surface area contributed by atoms with Crippen molar-refractivity contribution in [3.8, 4) is 0 Å². The van der Waals surface area contributed by atoms with Gasteiger partial charge in [-0.3, -0.25) is 0 Å². The van der Waals surface area contributed by atoms with Gasteiger partial charge in [0.2, 0.25) is 0 Å². The molecule has 12 heavy (non-hydrogen) atoms. The van der Waals surface area contributed by atoms with E-state index in [0.717, 1.165) is 0 Å². The lowest BCUT2D eigenvalue weighted by atomic mass is 10.2. The van der Waals surface area contributed by atoms with Crippen LogP contribution in [0.2, 0.25) is 0 Å². The smallest absolute Gasteiger partial charge is 0.185 e. The molecule has 1 rings (SSSR count). The van der Waals surface area contributed by atoms with E-state index in [1.807, 2.05) is 6.92 Å². The molecular weight excluding hydrogens is 156 g/mol. The van der Waals surface area contributed by atoms with Crippen LogP contribution in [0, 0.1) is 0 Å². The van der Waals surface area contributed by atoms with Crippen LogP contribution >= 0.6 is 0 Å². The second kappa shape index (κ2) is 3.85. The highest BCUT2D eigenvalue weighted by Gasteiger charge is 2.27. The average molecular weight is 170 g/mol. The highest BCUT2D eigenvalue weighted by atomic mass is 16.7. The summed E-state index contributed by atoms with van der Waals surface area (Å²) in [5.41, 5.74) is 0. The number of aliphatic hydroxyl groups is 1. The standard InChI is InChI=1S/C9H14O3/c1-3-8(10)4-5-9(2)11-6-7-12-9/h3-5,8,10H,1,6-7H2,2H3/b5-4+. The molecule has 0 saturated carbocycles. The highest BCUT2D eigenvalue weighted by molar-refractivity contribution is 5.03. The van der Waals surface area contributed by atoms with Crippen molar-refractivity contribution >= 4 is 0 Å². The Hall–Kier alpha value is -0.640. The monoisotopic (exact) mass is 170 g/mol. The summed E-state index contributed by atoms with van der Waals surface area (Å²) in [7, 11) is 0. The van der Waals surface area contributed by atoms with Crippen LogP contribution in [0.1, 0.15) is 6.92 Å². The molecule has 0 aromatic heterocycles. The predicted octanol–water partition coefficient (Wildman–Crippen LogP) is 0.853. The van der Waals surface area contributed by atoms with Crippen LogP contribution in [0.15, 0.2) is 24.8 Å². The summed E-state index contributed by atoms with van der Waals surface area (Å²) in [5.74, 6) is -0.663. The van der Waals surface area contributed by atoms with Gasteiger partial charge in [0.15, 0.2) is 5.79 Å². The van der Waals surface area contributed by atoms with Gasteiger partial charge in [-0.15, -0.1) is 6.58 Å². The molecule has 0 spiro atoms. The Bertz CT molecular complexity index is 180. The Morgan fingerprint density at radius 3 is 2.58 bits per heavy atom. The lowest BCUT2D eigenvalue weighted by molar-refractivity contribution is -0.100. The molecule has 0 aliphatic carbocycles. The highest BCUT2D eigenvalue weighted by Crippen LogP contribution is 2.19. The summed E-state index contributed by atoms with van der Waals surface area (Å²) in [6.45, 7) is 6.46. The van der Waals surface area contributed by atoms with Gasteiger partial charge in [0.1, 0.15) is 0 Å². The molecule has 1 saturated heterocycles. The molecule has 1 unspecified atom stereocenters. The zero-order chi connectivity index (χ0) is 9.03. The Kier molecular flexibility index (Phi) is 3.03. The quantitative estimate of drug-likeness (QED) is 0.638. The Balaban J connectivity index is 2.47. The van der Waals surface area contributed by atoms with Gasteiger partial charge in [0.25, 0.3) is 0 Å². The van der Waals surface area contributed by atoms with E-state index in [1.165, 1.54) is 6.08 Å². The van der Waals surface area contributed by atoms with E-state index >= 15 is 0 Å². The molecule has 0 bridgehead atoms. The van der Waals surface area contributed by atoms with Gasteiger partial charge in [-0.25, -0.2) is 0 Å². The summed E-state index contributed by atoms with van der Waals surface area (Å²) in [6.07, 6.45) is 4.11. The van der Waals surface area contributed by atoms with E-state index < -0.39 is 11.9 Å².